The van der Waals surface area contributed by atoms with E-state index < -0.39 is 0 Å². The van der Waals surface area contributed by atoms with Crippen molar-refractivity contribution in [2.45, 2.75) is 39.7 Å². The van der Waals surface area contributed by atoms with E-state index in [-0.39, 0.29) is 12.8 Å². The van der Waals surface area contributed by atoms with Crippen molar-refractivity contribution in [1.29, 1.82) is 0 Å². The number of nitrogens with zero attached hydrogens (tertiary/aromatic N) is 4. The maximum absolute atomic E-state index is 6.07. The number of rotatable bonds is 3. The highest BCUT2D eigenvalue weighted by Gasteiger charge is 2.29. The van der Waals surface area contributed by atoms with Crippen LogP contribution < -0.4 is 20.2 Å². The van der Waals surface area contributed by atoms with E-state index >= 15 is 0 Å². The van der Waals surface area contributed by atoms with Crippen LogP contribution in [0.1, 0.15) is 41.1 Å². The molecule has 0 fully saturated rings. The summed E-state index contributed by atoms with van der Waals surface area (Å²) in [5.41, 5.74) is 11.9. The van der Waals surface area contributed by atoms with Crippen LogP contribution in [0.2, 0.25) is 0 Å². The number of ether oxygens (including phenoxy) is 2. The number of benzene rings is 2. The Morgan fingerprint density at radius 3 is 2.70 bits per heavy atom. The third-order valence-electron chi connectivity index (χ3n) is 5.49. The minimum atomic E-state index is 0.106. The Kier molecular flexibility index (Phi) is 4.58. The van der Waals surface area contributed by atoms with Crippen molar-refractivity contribution < 1.29 is 9.47 Å². The van der Waals surface area contributed by atoms with Crippen LogP contribution in [0.4, 0.5) is 10.8 Å². The molecule has 7 nitrogen and oxygen atoms in total. The fourth-order valence-electron chi connectivity index (χ4n) is 3.79. The number of aryl methyl sites for hydroxylation is 2. The summed E-state index contributed by atoms with van der Waals surface area (Å²) in [6.07, 6.45) is 1.66. The van der Waals surface area contributed by atoms with Gasteiger partial charge in [-0.3, -0.25) is 0 Å². The highest BCUT2D eigenvalue weighted by molar-refractivity contribution is 7.15. The zero-order chi connectivity index (χ0) is 20.8. The fraction of sp³-hybridized carbons (Fsp3) is 0.318. The van der Waals surface area contributed by atoms with Crippen LogP contribution in [0.5, 0.6) is 11.5 Å². The first-order valence-electron chi connectivity index (χ1n) is 10.0. The van der Waals surface area contributed by atoms with Gasteiger partial charge in [0.2, 0.25) is 11.9 Å². The van der Waals surface area contributed by atoms with Gasteiger partial charge in [0.25, 0.3) is 0 Å². The largest absolute Gasteiger partial charge is 0.454 e. The van der Waals surface area contributed by atoms with Crippen molar-refractivity contribution in [3.05, 3.63) is 57.6 Å². The molecular formula is C22H23N5O2S. The maximum Gasteiger partial charge on any atom is 0.231 e. The Morgan fingerprint density at radius 2 is 1.97 bits per heavy atom. The van der Waals surface area contributed by atoms with Gasteiger partial charge in [0, 0.05) is 16.8 Å². The van der Waals surface area contributed by atoms with E-state index in [1.54, 1.807) is 11.3 Å². The summed E-state index contributed by atoms with van der Waals surface area (Å²) in [7, 11) is 0. The Hall–Kier alpha value is -3.13. The molecule has 3 aromatic rings. The van der Waals surface area contributed by atoms with E-state index in [0.29, 0.717) is 0 Å². The van der Waals surface area contributed by atoms with Crippen molar-refractivity contribution >= 4 is 27.9 Å². The second-order valence-corrected chi connectivity index (χ2v) is 8.65. The molecule has 2 aromatic carbocycles. The number of hydrazone groups is 1. The van der Waals surface area contributed by atoms with Crippen LogP contribution in [-0.4, -0.2) is 28.7 Å². The minimum Gasteiger partial charge on any atom is -0.454 e. The van der Waals surface area contributed by atoms with Gasteiger partial charge in [-0.2, -0.15) is 5.10 Å². The lowest BCUT2D eigenvalue weighted by molar-refractivity contribution is 0.174. The Bertz CT molecular complexity index is 1160. The fourth-order valence-corrected chi connectivity index (χ4v) is 4.62. The predicted octanol–water partition coefficient (Wildman–Crippen LogP) is 3.92. The van der Waals surface area contributed by atoms with Crippen molar-refractivity contribution in [2.24, 2.45) is 5.10 Å². The number of nitrogens with two attached hydrogens (primary N) is 1. The van der Waals surface area contributed by atoms with Crippen LogP contribution in [0.15, 0.2) is 35.4 Å². The number of hydrogen-bond acceptors (Lipinski definition) is 8. The number of aromatic nitrogens is 2. The smallest absolute Gasteiger partial charge is 0.231 e. The van der Waals surface area contributed by atoms with Gasteiger partial charge in [-0.1, -0.05) is 24.3 Å². The van der Waals surface area contributed by atoms with Crippen molar-refractivity contribution in [1.82, 2.24) is 10.2 Å². The third kappa shape index (κ3) is 3.17. The molecule has 0 saturated heterocycles. The lowest BCUT2D eigenvalue weighted by Gasteiger charge is -2.22. The Morgan fingerprint density at radius 1 is 1.17 bits per heavy atom. The summed E-state index contributed by atoms with van der Waals surface area (Å²) in [6.45, 7) is 6.49. The summed E-state index contributed by atoms with van der Waals surface area (Å²) in [6, 6.07) is 10.2. The molecule has 8 heteroatoms. The molecule has 0 saturated carbocycles. The topological polar surface area (TPSA) is 85.9 Å². The SMILES string of the molecule is CCc1nnc(N2N=C(c3ccc(N)c(C)c3)c3cc4c(cc3C[C@H]2C)OCO4)s1. The second-order valence-electron chi connectivity index (χ2n) is 7.61. The van der Waals surface area contributed by atoms with Crippen molar-refractivity contribution in [2.75, 3.05) is 17.5 Å². The highest BCUT2D eigenvalue weighted by Crippen LogP contribution is 2.38. The van der Waals surface area contributed by atoms with E-state index in [1.807, 2.05) is 30.1 Å². The van der Waals surface area contributed by atoms with Gasteiger partial charge in [-0.25, -0.2) is 5.01 Å². The lowest BCUT2D eigenvalue weighted by atomic mass is 9.93. The number of fused-ring (bicyclic) bond motifs is 2. The third-order valence-corrected chi connectivity index (χ3v) is 6.55. The monoisotopic (exact) mass is 421 g/mol. The first-order valence-corrected chi connectivity index (χ1v) is 10.8. The predicted molar refractivity (Wildman–Crippen MR) is 119 cm³/mol. The molecule has 0 radical (unpaired) electrons. The van der Waals surface area contributed by atoms with Gasteiger partial charge in [0.1, 0.15) is 5.01 Å². The highest BCUT2D eigenvalue weighted by atomic mass is 32.1. The van der Waals surface area contributed by atoms with Crippen LogP contribution in [-0.2, 0) is 12.8 Å². The van der Waals surface area contributed by atoms with Crippen LogP contribution >= 0.6 is 11.3 Å². The Labute approximate surface area is 179 Å². The van der Waals surface area contributed by atoms with Gasteiger partial charge >= 0.3 is 0 Å². The molecule has 154 valence electrons. The molecule has 2 N–H and O–H groups in total. The van der Waals surface area contributed by atoms with Gasteiger partial charge < -0.3 is 15.2 Å². The number of anilines is 2. The van der Waals surface area contributed by atoms with Crippen LogP contribution in [0.25, 0.3) is 0 Å². The molecule has 2 aliphatic rings. The van der Waals surface area contributed by atoms with Crippen molar-refractivity contribution in [3.8, 4) is 11.5 Å². The molecule has 30 heavy (non-hydrogen) atoms. The maximum atomic E-state index is 6.07. The number of hydrogen-bond donors (Lipinski definition) is 1. The zero-order valence-corrected chi connectivity index (χ0v) is 18.0. The first kappa shape index (κ1) is 18.9. The molecule has 1 aromatic heterocycles. The summed E-state index contributed by atoms with van der Waals surface area (Å²) in [4.78, 5) is 0. The molecule has 1 atom stereocenters. The molecule has 0 bridgehead atoms. The zero-order valence-electron chi connectivity index (χ0n) is 17.2. The van der Waals surface area contributed by atoms with Gasteiger partial charge in [0.15, 0.2) is 11.5 Å². The number of nitrogen functional groups attached to an aromatic ring is 1. The summed E-state index contributed by atoms with van der Waals surface area (Å²) in [5.74, 6) is 1.53. The van der Waals surface area contributed by atoms with E-state index in [4.69, 9.17) is 20.3 Å². The minimum absolute atomic E-state index is 0.106. The molecule has 2 aliphatic heterocycles. The molecular weight excluding hydrogens is 398 g/mol. The van der Waals surface area contributed by atoms with Gasteiger partial charge in [-0.05, 0) is 62.1 Å². The molecule has 0 unspecified atom stereocenters. The molecule has 3 heterocycles. The lowest BCUT2D eigenvalue weighted by Crippen LogP contribution is -2.29. The standard InChI is InChI=1S/C22H23N5O2S/c1-4-20-24-25-22(30-20)27-13(3)8-15-9-18-19(29-11-28-18)10-16(15)21(26-27)14-5-6-17(23)12(2)7-14/h5-7,9-10,13H,4,8,11,23H2,1-3H3/t13-/m1/s1. The molecule has 0 amide bonds. The first-order chi connectivity index (χ1) is 14.5. The normalized spacial score (nSPS) is 17.5. The van der Waals surface area contributed by atoms with Crippen molar-refractivity contribution in [3.63, 3.8) is 0 Å². The van der Waals surface area contributed by atoms with E-state index in [2.05, 4.69) is 36.2 Å². The van der Waals surface area contributed by atoms with Gasteiger partial charge in [-0.15, -0.1) is 10.2 Å². The van der Waals surface area contributed by atoms with Gasteiger partial charge in [0.05, 0.1) is 11.8 Å². The molecule has 0 spiro atoms. The van der Waals surface area contributed by atoms with E-state index in [1.165, 1.54) is 5.56 Å². The average molecular weight is 422 g/mol. The quantitative estimate of drug-likeness (QED) is 0.645. The average Bonchev–Trinajstić information content (AvgIpc) is 3.36. The summed E-state index contributed by atoms with van der Waals surface area (Å²) in [5, 5.41) is 17.6. The second kappa shape index (κ2) is 7.28. The Balaban J connectivity index is 1.70. The van der Waals surface area contributed by atoms with Crippen LogP contribution in [0.3, 0.4) is 0 Å². The summed E-state index contributed by atoms with van der Waals surface area (Å²) < 4.78 is 11.3. The van der Waals surface area contributed by atoms with E-state index in [0.717, 1.165) is 62.6 Å². The molecule has 0 aliphatic carbocycles. The summed E-state index contributed by atoms with van der Waals surface area (Å²) >= 11 is 1.58. The molecule has 5 rings (SSSR count). The van der Waals surface area contributed by atoms with Crippen LogP contribution in [0, 0.1) is 6.92 Å². The van der Waals surface area contributed by atoms with E-state index in [9.17, 15) is 0 Å².